The monoisotopic (exact) mass is 405 g/mol. The first-order chi connectivity index (χ1) is 13.1. The molecule has 4 rings (SSSR count). The number of rotatable bonds is 6. The molecule has 0 N–H and O–H groups in total. The molecular weight excluding hydrogens is 386 g/mol. The molecule has 27 heavy (non-hydrogen) atoms. The molecule has 0 spiro atoms. The van der Waals surface area contributed by atoms with Crippen molar-refractivity contribution in [3.8, 4) is 5.88 Å². The van der Waals surface area contributed by atoms with Gasteiger partial charge in [-0.2, -0.15) is 4.98 Å². The second-order valence-corrected chi connectivity index (χ2v) is 8.17. The Morgan fingerprint density at radius 1 is 1.33 bits per heavy atom. The molecule has 1 aromatic carbocycles. The first-order valence-corrected chi connectivity index (χ1v) is 10.2. The lowest BCUT2D eigenvalue weighted by Gasteiger charge is -2.12. The van der Waals surface area contributed by atoms with Gasteiger partial charge in [0.2, 0.25) is 5.88 Å². The maximum atomic E-state index is 6.50. The lowest BCUT2D eigenvalue weighted by Crippen LogP contribution is -2.03. The summed E-state index contributed by atoms with van der Waals surface area (Å²) in [6.07, 6.45) is 1.89. The fourth-order valence-corrected chi connectivity index (χ4v) is 3.79. The third-order valence-corrected chi connectivity index (χ3v) is 5.31. The van der Waals surface area contributed by atoms with Gasteiger partial charge >= 0.3 is 0 Å². The van der Waals surface area contributed by atoms with Gasteiger partial charge in [0.25, 0.3) is 0 Å². The van der Waals surface area contributed by atoms with Gasteiger partial charge in [0.15, 0.2) is 5.16 Å². The molecule has 0 fully saturated rings. The van der Waals surface area contributed by atoms with Gasteiger partial charge < -0.3 is 9.47 Å². The molecule has 1 aliphatic heterocycles. The summed E-state index contributed by atoms with van der Waals surface area (Å²) in [5, 5.41) is 10.3. The Kier molecular flexibility index (Phi) is 5.21. The quantitative estimate of drug-likeness (QED) is 0.449. The predicted octanol–water partition coefficient (Wildman–Crippen LogP) is 4.18. The van der Waals surface area contributed by atoms with E-state index in [1.165, 1.54) is 0 Å². The minimum absolute atomic E-state index is 0.248. The van der Waals surface area contributed by atoms with Crippen LogP contribution >= 0.6 is 23.4 Å². The molecule has 0 saturated heterocycles. The zero-order chi connectivity index (χ0) is 19.0. The average molecular weight is 406 g/mol. The van der Waals surface area contributed by atoms with Crippen LogP contribution in [0.15, 0.2) is 17.4 Å². The summed E-state index contributed by atoms with van der Waals surface area (Å²) in [6.45, 7) is 7.48. The van der Waals surface area contributed by atoms with Crippen molar-refractivity contribution in [1.29, 1.82) is 0 Å². The molecular formula is C18H20ClN5O2S. The van der Waals surface area contributed by atoms with Crippen LogP contribution in [-0.4, -0.2) is 30.7 Å². The zero-order valence-electron chi connectivity index (χ0n) is 15.4. The van der Waals surface area contributed by atoms with Gasteiger partial charge in [-0.25, -0.2) is 9.67 Å². The second-order valence-electron chi connectivity index (χ2n) is 6.53. The van der Waals surface area contributed by atoms with Crippen molar-refractivity contribution in [3.63, 3.8) is 0 Å². The number of hydrogen-bond donors (Lipinski definition) is 0. The number of hydrogen-bond acceptors (Lipinski definition) is 7. The summed E-state index contributed by atoms with van der Waals surface area (Å²) >= 11 is 8.06. The highest BCUT2D eigenvalue weighted by molar-refractivity contribution is 7.99. The van der Waals surface area contributed by atoms with Crippen LogP contribution < -0.4 is 4.74 Å². The van der Waals surface area contributed by atoms with Crippen molar-refractivity contribution >= 4 is 34.3 Å². The normalized spacial score (nSPS) is 13.5. The number of benzene rings is 1. The predicted molar refractivity (Wildman–Crippen MR) is 104 cm³/mol. The Morgan fingerprint density at radius 3 is 2.93 bits per heavy atom. The zero-order valence-corrected chi connectivity index (χ0v) is 17.0. The van der Waals surface area contributed by atoms with Crippen molar-refractivity contribution in [2.24, 2.45) is 0 Å². The van der Waals surface area contributed by atoms with E-state index in [-0.39, 0.29) is 12.6 Å². The van der Waals surface area contributed by atoms with Crippen molar-refractivity contribution in [2.75, 3.05) is 5.75 Å². The molecule has 1 aliphatic rings. The number of halogens is 1. The minimum Gasteiger partial charge on any atom is -0.470 e. The summed E-state index contributed by atoms with van der Waals surface area (Å²) in [6, 6.07) is 2.18. The van der Waals surface area contributed by atoms with Gasteiger partial charge in [0.05, 0.1) is 35.3 Å². The van der Waals surface area contributed by atoms with Crippen LogP contribution in [0.2, 0.25) is 5.02 Å². The SMILES string of the molecule is CCSc1nc(OCc2cn(C(C)C)nn2)c2c3c(cc(Cl)c2n1)COC3. The number of aromatic nitrogens is 5. The third-order valence-electron chi connectivity index (χ3n) is 4.29. The van der Waals surface area contributed by atoms with Crippen LogP contribution in [0.3, 0.4) is 0 Å². The Hall–Kier alpha value is -1.90. The Bertz CT molecular complexity index is 992. The highest BCUT2D eigenvalue weighted by Crippen LogP contribution is 2.38. The van der Waals surface area contributed by atoms with E-state index in [4.69, 9.17) is 21.1 Å². The van der Waals surface area contributed by atoms with Crippen LogP contribution in [-0.2, 0) is 24.6 Å². The van der Waals surface area contributed by atoms with E-state index in [2.05, 4.69) is 41.1 Å². The van der Waals surface area contributed by atoms with E-state index in [1.54, 1.807) is 16.4 Å². The van der Waals surface area contributed by atoms with Crippen LogP contribution in [0.25, 0.3) is 10.9 Å². The van der Waals surface area contributed by atoms with Gasteiger partial charge in [-0.1, -0.05) is 35.5 Å². The first kappa shape index (κ1) is 18.5. The molecule has 2 aromatic heterocycles. The Labute approximate surface area is 166 Å². The standard InChI is InChI=1S/C18H20ClN5O2S/c1-4-27-18-20-16-14(19)5-11-7-25-9-13(11)15(16)17(21-18)26-8-12-6-24(10(2)3)23-22-12/h5-6,10H,4,7-9H2,1-3H3. The van der Waals surface area contributed by atoms with E-state index in [0.717, 1.165) is 28.0 Å². The van der Waals surface area contributed by atoms with E-state index in [1.807, 2.05) is 12.3 Å². The first-order valence-electron chi connectivity index (χ1n) is 8.82. The molecule has 0 amide bonds. The van der Waals surface area contributed by atoms with Crippen molar-refractivity contribution in [1.82, 2.24) is 25.0 Å². The highest BCUT2D eigenvalue weighted by atomic mass is 35.5. The number of thioether (sulfide) groups is 1. The summed E-state index contributed by atoms with van der Waals surface area (Å²) in [4.78, 5) is 9.26. The van der Waals surface area contributed by atoms with Crippen molar-refractivity contribution in [2.45, 2.75) is 51.8 Å². The van der Waals surface area contributed by atoms with Gasteiger partial charge in [0.1, 0.15) is 12.3 Å². The second kappa shape index (κ2) is 7.61. The van der Waals surface area contributed by atoms with Gasteiger partial charge in [-0.3, -0.25) is 0 Å². The van der Waals surface area contributed by atoms with Crippen LogP contribution in [0.5, 0.6) is 5.88 Å². The van der Waals surface area contributed by atoms with E-state index in [9.17, 15) is 0 Å². The average Bonchev–Trinajstić information content (AvgIpc) is 3.29. The van der Waals surface area contributed by atoms with Gasteiger partial charge in [-0.05, 0) is 36.8 Å². The van der Waals surface area contributed by atoms with E-state index in [0.29, 0.717) is 34.8 Å². The number of fused-ring (bicyclic) bond motifs is 3. The maximum absolute atomic E-state index is 6.50. The molecule has 0 radical (unpaired) electrons. The van der Waals surface area contributed by atoms with E-state index >= 15 is 0 Å². The van der Waals surface area contributed by atoms with E-state index < -0.39 is 0 Å². The molecule has 0 atom stereocenters. The minimum atomic E-state index is 0.248. The molecule has 3 aromatic rings. The van der Waals surface area contributed by atoms with Crippen LogP contribution in [0, 0.1) is 0 Å². The Balaban J connectivity index is 1.75. The molecule has 3 heterocycles. The number of ether oxygens (including phenoxy) is 2. The fourth-order valence-electron chi connectivity index (χ4n) is 2.96. The molecule has 0 aliphatic carbocycles. The summed E-state index contributed by atoms with van der Waals surface area (Å²) in [5.74, 6) is 1.37. The van der Waals surface area contributed by atoms with Crippen molar-refractivity contribution in [3.05, 3.63) is 34.1 Å². The lowest BCUT2D eigenvalue weighted by atomic mass is 10.1. The van der Waals surface area contributed by atoms with Gasteiger partial charge in [0, 0.05) is 6.04 Å². The molecule has 0 bridgehead atoms. The fraction of sp³-hybridized carbons (Fsp3) is 0.444. The largest absolute Gasteiger partial charge is 0.470 e. The van der Waals surface area contributed by atoms with Crippen LogP contribution in [0.4, 0.5) is 0 Å². The maximum Gasteiger partial charge on any atom is 0.226 e. The number of nitrogens with zero attached hydrogens (tertiary/aromatic N) is 5. The summed E-state index contributed by atoms with van der Waals surface area (Å²) in [5.41, 5.74) is 3.55. The summed E-state index contributed by atoms with van der Waals surface area (Å²) < 4.78 is 13.5. The van der Waals surface area contributed by atoms with Crippen molar-refractivity contribution < 1.29 is 9.47 Å². The molecule has 0 unspecified atom stereocenters. The molecule has 142 valence electrons. The topological polar surface area (TPSA) is 75.0 Å². The Morgan fingerprint density at radius 2 is 2.19 bits per heavy atom. The third kappa shape index (κ3) is 3.61. The molecule has 0 saturated carbocycles. The van der Waals surface area contributed by atoms with Crippen LogP contribution in [0.1, 0.15) is 43.6 Å². The molecule has 9 heteroatoms. The highest BCUT2D eigenvalue weighted by Gasteiger charge is 2.23. The summed E-state index contributed by atoms with van der Waals surface area (Å²) in [7, 11) is 0. The van der Waals surface area contributed by atoms with Gasteiger partial charge in [-0.15, -0.1) is 5.10 Å². The smallest absolute Gasteiger partial charge is 0.226 e. The molecule has 7 nitrogen and oxygen atoms in total. The lowest BCUT2D eigenvalue weighted by molar-refractivity contribution is 0.135.